The Morgan fingerprint density at radius 1 is 0.375 bits per heavy atom. The van der Waals surface area contributed by atoms with Crippen LogP contribution in [0.5, 0.6) is 0 Å². The van der Waals surface area contributed by atoms with Gasteiger partial charge in [0.15, 0.2) is 0 Å². The summed E-state index contributed by atoms with van der Waals surface area (Å²) in [6.45, 7) is 2.21. The molecule has 0 nitrogen and oxygen atoms in total. The fourth-order valence-electron chi connectivity index (χ4n) is 6.24. The largest absolute Gasteiger partial charge is 0.0725 e. The van der Waals surface area contributed by atoms with Gasteiger partial charge in [-0.2, -0.15) is 0 Å². The molecule has 0 N–H and O–H groups in total. The van der Waals surface area contributed by atoms with Gasteiger partial charge >= 0.3 is 0 Å². The molecule has 0 fully saturated rings. The molecule has 0 bridgehead atoms. The third kappa shape index (κ3) is 2.03. The smallest absolute Gasteiger partial charge is 0.0620 e. The zero-order valence-electron chi connectivity index (χ0n) is 18.0. The van der Waals surface area contributed by atoms with Gasteiger partial charge in [-0.15, -0.1) is 0 Å². The van der Waals surface area contributed by atoms with Crippen molar-refractivity contribution < 1.29 is 0 Å². The number of aryl methyl sites for hydroxylation is 1. The van der Waals surface area contributed by atoms with Gasteiger partial charge in [0.25, 0.3) is 0 Å². The predicted octanol–water partition coefficient (Wildman–Crippen LogP) is 8.01. The van der Waals surface area contributed by atoms with Crippen LogP contribution in [0.1, 0.15) is 27.8 Å². The molecule has 0 heteroatoms. The highest BCUT2D eigenvalue weighted by atomic mass is 14.5. The average molecular weight is 407 g/mol. The Morgan fingerprint density at radius 2 is 0.812 bits per heavy atom. The lowest BCUT2D eigenvalue weighted by molar-refractivity contribution is 0.794. The van der Waals surface area contributed by atoms with Crippen LogP contribution in [0.25, 0.3) is 33.4 Å². The van der Waals surface area contributed by atoms with E-state index in [0.717, 1.165) is 0 Å². The number of hydrogen-bond donors (Lipinski definition) is 0. The van der Waals surface area contributed by atoms with Crippen molar-refractivity contribution in [3.63, 3.8) is 0 Å². The second-order valence-electron chi connectivity index (χ2n) is 8.93. The summed E-state index contributed by atoms with van der Waals surface area (Å²) in [4.78, 5) is 0. The third-order valence-corrected chi connectivity index (χ3v) is 7.46. The minimum absolute atomic E-state index is 0.266. The standard InChI is InChI=1S/C32H22/c1-21-11-2-3-12-22(21)25-16-10-20-30-31(25)26-15-6-9-19-29(26)32(30)27-17-7-4-13-23(27)24-14-5-8-18-28(24)32/h2-20H,1H3. The number of fused-ring (bicyclic) bond motifs is 10. The molecular weight excluding hydrogens is 384 g/mol. The van der Waals surface area contributed by atoms with E-state index in [9.17, 15) is 0 Å². The molecular formula is C32H22. The van der Waals surface area contributed by atoms with Crippen molar-refractivity contribution in [1.82, 2.24) is 0 Å². The predicted molar refractivity (Wildman–Crippen MR) is 133 cm³/mol. The Kier molecular flexibility index (Phi) is 3.50. The van der Waals surface area contributed by atoms with Crippen LogP contribution < -0.4 is 0 Å². The first-order chi connectivity index (χ1) is 15.8. The van der Waals surface area contributed by atoms with Crippen LogP contribution in [0.4, 0.5) is 0 Å². The fraction of sp³-hybridized carbons (Fsp3) is 0.0625. The van der Waals surface area contributed by atoms with E-state index in [0.29, 0.717) is 0 Å². The van der Waals surface area contributed by atoms with Gasteiger partial charge in [0.1, 0.15) is 0 Å². The zero-order chi connectivity index (χ0) is 21.3. The minimum Gasteiger partial charge on any atom is -0.0620 e. The molecule has 1 spiro atoms. The van der Waals surface area contributed by atoms with Gasteiger partial charge in [0.2, 0.25) is 0 Å². The summed E-state index contributed by atoms with van der Waals surface area (Å²) in [7, 11) is 0. The van der Waals surface area contributed by atoms with Crippen molar-refractivity contribution in [1.29, 1.82) is 0 Å². The Labute approximate surface area is 188 Å². The summed E-state index contributed by atoms with van der Waals surface area (Å²) in [5.41, 5.74) is 14.7. The highest BCUT2D eigenvalue weighted by molar-refractivity contribution is 6.00. The van der Waals surface area contributed by atoms with Gasteiger partial charge in [0, 0.05) is 0 Å². The Hall–Kier alpha value is -3.90. The van der Waals surface area contributed by atoms with E-state index in [4.69, 9.17) is 0 Å². The fourth-order valence-corrected chi connectivity index (χ4v) is 6.24. The molecule has 5 aromatic rings. The van der Waals surface area contributed by atoms with Crippen molar-refractivity contribution in [3.05, 3.63) is 143 Å². The van der Waals surface area contributed by atoms with Crippen molar-refractivity contribution in [2.75, 3.05) is 0 Å². The first-order valence-electron chi connectivity index (χ1n) is 11.3. The van der Waals surface area contributed by atoms with Gasteiger partial charge in [-0.3, -0.25) is 0 Å². The molecule has 0 amide bonds. The van der Waals surface area contributed by atoms with E-state index in [-0.39, 0.29) is 5.41 Å². The summed E-state index contributed by atoms with van der Waals surface area (Å²) in [6, 6.07) is 42.7. The Morgan fingerprint density at radius 3 is 1.44 bits per heavy atom. The quantitative estimate of drug-likeness (QED) is 0.259. The monoisotopic (exact) mass is 406 g/mol. The maximum Gasteiger partial charge on any atom is 0.0725 e. The summed E-state index contributed by atoms with van der Waals surface area (Å²) >= 11 is 0. The zero-order valence-corrected chi connectivity index (χ0v) is 18.0. The maximum atomic E-state index is 2.36. The van der Waals surface area contributed by atoms with Crippen LogP contribution >= 0.6 is 0 Å². The van der Waals surface area contributed by atoms with E-state index in [2.05, 4.69) is 122 Å². The van der Waals surface area contributed by atoms with Crippen LogP contribution in [0.2, 0.25) is 0 Å². The highest BCUT2D eigenvalue weighted by Gasteiger charge is 2.51. The van der Waals surface area contributed by atoms with Crippen molar-refractivity contribution in [2.45, 2.75) is 12.3 Å². The first-order valence-corrected chi connectivity index (χ1v) is 11.3. The lowest BCUT2D eigenvalue weighted by Crippen LogP contribution is -2.25. The van der Waals surface area contributed by atoms with Gasteiger partial charge in [0.05, 0.1) is 5.41 Å². The molecule has 0 atom stereocenters. The van der Waals surface area contributed by atoms with Crippen LogP contribution in [-0.4, -0.2) is 0 Å². The van der Waals surface area contributed by atoms with Crippen LogP contribution in [0, 0.1) is 6.92 Å². The Bertz CT molecular complexity index is 1490. The van der Waals surface area contributed by atoms with Crippen LogP contribution in [0.15, 0.2) is 115 Å². The maximum absolute atomic E-state index is 2.36. The van der Waals surface area contributed by atoms with Crippen molar-refractivity contribution >= 4 is 0 Å². The third-order valence-electron chi connectivity index (χ3n) is 7.46. The number of rotatable bonds is 1. The molecule has 0 aromatic heterocycles. The van der Waals surface area contributed by atoms with E-state index >= 15 is 0 Å². The molecule has 2 aliphatic carbocycles. The minimum atomic E-state index is -0.266. The molecule has 32 heavy (non-hydrogen) atoms. The van der Waals surface area contributed by atoms with Gasteiger partial charge < -0.3 is 0 Å². The summed E-state index contributed by atoms with van der Waals surface area (Å²) in [5, 5.41) is 0. The average Bonchev–Trinajstić information content (AvgIpc) is 3.32. The molecule has 0 radical (unpaired) electrons. The second-order valence-corrected chi connectivity index (χ2v) is 8.93. The van der Waals surface area contributed by atoms with Crippen molar-refractivity contribution in [2.24, 2.45) is 0 Å². The molecule has 0 heterocycles. The van der Waals surface area contributed by atoms with E-state index < -0.39 is 0 Å². The van der Waals surface area contributed by atoms with E-state index in [1.807, 2.05) is 0 Å². The molecule has 150 valence electrons. The summed E-state index contributed by atoms with van der Waals surface area (Å²) < 4.78 is 0. The number of benzene rings is 5. The highest BCUT2D eigenvalue weighted by Crippen LogP contribution is 2.63. The molecule has 5 aromatic carbocycles. The topological polar surface area (TPSA) is 0 Å². The molecule has 7 rings (SSSR count). The van der Waals surface area contributed by atoms with Crippen LogP contribution in [-0.2, 0) is 5.41 Å². The lowest BCUT2D eigenvalue weighted by Gasteiger charge is -2.30. The van der Waals surface area contributed by atoms with Crippen LogP contribution in [0.3, 0.4) is 0 Å². The van der Waals surface area contributed by atoms with E-state index in [1.165, 1.54) is 61.2 Å². The molecule has 0 saturated heterocycles. The van der Waals surface area contributed by atoms with Gasteiger partial charge in [-0.05, 0) is 68.1 Å². The SMILES string of the molecule is Cc1ccccc1-c1cccc2c1-c1ccccc1C21c2ccccc2-c2ccccc21. The second kappa shape index (κ2) is 6.31. The molecule has 0 saturated carbocycles. The van der Waals surface area contributed by atoms with Crippen molar-refractivity contribution in [3.8, 4) is 33.4 Å². The van der Waals surface area contributed by atoms with Gasteiger partial charge in [-0.25, -0.2) is 0 Å². The van der Waals surface area contributed by atoms with Gasteiger partial charge in [-0.1, -0.05) is 115 Å². The molecule has 2 aliphatic rings. The molecule has 0 unspecified atom stereocenters. The lowest BCUT2D eigenvalue weighted by atomic mass is 9.70. The van der Waals surface area contributed by atoms with E-state index in [1.54, 1.807) is 0 Å². The Balaban J connectivity index is 1.68. The first kappa shape index (κ1) is 17.7. The summed E-state index contributed by atoms with van der Waals surface area (Å²) in [5.74, 6) is 0. The number of hydrogen-bond acceptors (Lipinski definition) is 0. The normalized spacial score (nSPS) is 14.0. The molecule has 0 aliphatic heterocycles. The summed E-state index contributed by atoms with van der Waals surface area (Å²) in [6.07, 6.45) is 0.